The Bertz CT molecular complexity index is 1380. The Morgan fingerprint density at radius 3 is 2.27 bits per heavy atom. The molecule has 0 aliphatic rings. The molecule has 12 heteroatoms. The normalized spacial score (nSPS) is 11.2. The zero-order chi connectivity index (χ0) is 27.0. The smallest absolute Gasteiger partial charge is 0.264 e. The van der Waals surface area contributed by atoms with Gasteiger partial charge in [-0.1, -0.05) is 18.2 Å². The molecule has 0 saturated heterocycles. The minimum Gasteiger partial charge on any atom is -0.497 e. The zero-order valence-corrected chi connectivity index (χ0v) is 23.0. The highest BCUT2D eigenvalue weighted by Crippen LogP contribution is 2.36. The van der Waals surface area contributed by atoms with Gasteiger partial charge in [-0.05, 0) is 57.9 Å². The fraction of sp³-hybridized carbons (Fsp3) is 0.200. The van der Waals surface area contributed by atoms with Crippen LogP contribution in [0.1, 0.15) is 5.56 Å². The Morgan fingerprint density at radius 2 is 1.65 bits per heavy atom. The van der Waals surface area contributed by atoms with Crippen molar-refractivity contribution in [1.29, 1.82) is 0 Å². The molecule has 0 bridgehead atoms. The van der Waals surface area contributed by atoms with Crippen LogP contribution in [0.25, 0.3) is 0 Å². The van der Waals surface area contributed by atoms with E-state index in [1.165, 1.54) is 52.9 Å². The monoisotopic (exact) mass is 591 g/mol. The molecule has 0 aliphatic carbocycles. The van der Waals surface area contributed by atoms with E-state index < -0.39 is 22.5 Å². The first-order valence-electron chi connectivity index (χ1n) is 10.8. The minimum absolute atomic E-state index is 0.00588. The fourth-order valence-electron chi connectivity index (χ4n) is 3.37. The number of carbonyl (C=O) groups is 1. The highest BCUT2D eigenvalue weighted by atomic mass is 79.9. The van der Waals surface area contributed by atoms with Gasteiger partial charge < -0.3 is 18.9 Å². The Balaban J connectivity index is 1.91. The number of hydrogen-bond acceptors (Lipinski definition) is 8. The lowest BCUT2D eigenvalue weighted by atomic mass is 10.2. The van der Waals surface area contributed by atoms with Crippen molar-refractivity contribution >= 4 is 43.8 Å². The van der Waals surface area contributed by atoms with E-state index in [0.717, 1.165) is 4.31 Å². The minimum atomic E-state index is -4.16. The highest BCUT2D eigenvalue weighted by Gasteiger charge is 2.29. The van der Waals surface area contributed by atoms with E-state index in [4.69, 9.17) is 18.9 Å². The van der Waals surface area contributed by atoms with Crippen molar-refractivity contribution < 1.29 is 32.2 Å². The van der Waals surface area contributed by atoms with Crippen molar-refractivity contribution in [2.75, 3.05) is 39.3 Å². The number of amides is 1. The van der Waals surface area contributed by atoms with Gasteiger partial charge in [0.05, 0.1) is 49.7 Å². The standard InChI is InChI=1S/C25H26BrN3O7S/c1-33-18-10-11-22(34-2)21(14-18)29(37(31,32)19-8-6-5-7-9-19)16-24(30)28-27-15-17-12-20(26)25(36-4)23(13-17)35-3/h5-15H,16H2,1-4H3,(H,28,30)/b27-15-. The number of benzene rings is 3. The Morgan fingerprint density at radius 1 is 0.946 bits per heavy atom. The lowest BCUT2D eigenvalue weighted by molar-refractivity contribution is -0.119. The van der Waals surface area contributed by atoms with Crippen LogP contribution in [0, 0.1) is 0 Å². The predicted molar refractivity (Wildman–Crippen MR) is 144 cm³/mol. The third kappa shape index (κ3) is 6.52. The second kappa shape index (κ2) is 12.5. The van der Waals surface area contributed by atoms with E-state index >= 15 is 0 Å². The largest absolute Gasteiger partial charge is 0.497 e. The van der Waals surface area contributed by atoms with Gasteiger partial charge in [0, 0.05) is 6.07 Å². The summed E-state index contributed by atoms with van der Waals surface area (Å²) in [6.07, 6.45) is 1.40. The number of hydrogen-bond donors (Lipinski definition) is 1. The number of anilines is 1. The summed E-state index contributed by atoms with van der Waals surface area (Å²) in [5, 5.41) is 3.97. The van der Waals surface area contributed by atoms with Crippen molar-refractivity contribution in [3.8, 4) is 23.0 Å². The molecule has 0 aliphatic heterocycles. The molecule has 0 radical (unpaired) electrons. The van der Waals surface area contributed by atoms with Crippen LogP contribution in [0.2, 0.25) is 0 Å². The van der Waals surface area contributed by atoms with Crippen molar-refractivity contribution in [3.05, 3.63) is 70.7 Å². The van der Waals surface area contributed by atoms with E-state index in [0.29, 0.717) is 27.3 Å². The van der Waals surface area contributed by atoms with Gasteiger partial charge in [0.2, 0.25) is 0 Å². The van der Waals surface area contributed by atoms with Gasteiger partial charge in [0.15, 0.2) is 11.5 Å². The second-order valence-electron chi connectivity index (χ2n) is 7.39. The molecule has 0 unspecified atom stereocenters. The van der Waals surface area contributed by atoms with Gasteiger partial charge >= 0.3 is 0 Å². The molecule has 0 atom stereocenters. The molecule has 196 valence electrons. The van der Waals surface area contributed by atoms with Gasteiger partial charge in [-0.2, -0.15) is 5.10 Å². The average Bonchev–Trinajstić information content (AvgIpc) is 2.91. The molecule has 37 heavy (non-hydrogen) atoms. The van der Waals surface area contributed by atoms with Crippen LogP contribution in [0.5, 0.6) is 23.0 Å². The second-order valence-corrected chi connectivity index (χ2v) is 10.1. The highest BCUT2D eigenvalue weighted by molar-refractivity contribution is 9.10. The molecular weight excluding hydrogens is 566 g/mol. The van der Waals surface area contributed by atoms with Crippen LogP contribution in [0.3, 0.4) is 0 Å². The molecule has 0 saturated carbocycles. The third-order valence-electron chi connectivity index (χ3n) is 5.13. The number of hydrazone groups is 1. The summed E-state index contributed by atoms with van der Waals surface area (Å²) in [5.74, 6) is 0.932. The van der Waals surface area contributed by atoms with Crippen LogP contribution in [0.4, 0.5) is 5.69 Å². The molecular formula is C25H26BrN3O7S. The number of carbonyl (C=O) groups excluding carboxylic acids is 1. The van der Waals surface area contributed by atoms with Gasteiger partial charge in [0.25, 0.3) is 15.9 Å². The van der Waals surface area contributed by atoms with Crippen LogP contribution in [-0.2, 0) is 14.8 Å². The lowest BCUT2D eigenvalue weighted by Gasteiger charge is -2.25. The maximum Gasteiger partial charge on any atom is 0.264 e. The van der Waals surface area contributed by atoms with E-state index in [1.54, 1.807) is 42.5 Å². The van der Waals surface area contributed by atoms with Gasteiger partial charge in [0.1, 0.15) is 18.0 Å². The first kappa shape index (κ1) is 27.8. The Kier molecular flexibility index (Phi) is 9.36. The quantitative estimate of drug-likeness (QED) is 0.266. The van der Waals surface area contributed by atoms with E-state index in [9.17, 15) is 13.2 Å². The van der Waals surface area contributed by atoms with Crippen molar-refractivity contribution in [2.24, 2.45) is 5.10 Å². The van der Waals surface area contributed by atoms with E-state index in [1.807, 2.05) is 0 Å². The summed E-state index contributed by atoms with van der Waals surface area (Å²) in [6.45, 7) is -0.576. The van der Waals surface area contributed by atoms with Crippen LogP contribution >= 0.6 is 15.9 Å². The number of methoxy groups -OCH3 is 4. The number of sulfonamides is 1. The van der Waals surface area contributed by atoms with Crippen LogP contribution in [-0.4, -0.2) is 55.5 Å². The van der Waals surface area contributed by atoms with Crippen LogP contribution in [0.15, 0.2) is 75.1 Å². The molecule has 0 spiro atoms. The van der Waals surface area contributed by atoms with Crippen LogP contribution < -0.4 is 28.7 Å². The zero-order valence-electron chi connectivity index (χ0n) is 20.6. The number of nitrogens with zero attached hydrogens (tertiary/aromatic N) is 2. The molecule has 3 rings (SSSR count). The molecule has 1 amide bonds. The maximum atomic E-state index is 13.6. The number of nitrogens with one attached hydrogen (secondary N) is 1. The lowest BCUT2D eigenvalue weighted by Crippen LogP contribution is -2.39. The molecule has 0 heterocycles. The molecule has 3 aromatic carbocycles. The van der Waals surface area contributed by atoms with Crippen molar-refractivity contribution in [3.63, 3.8) is 0 Å². The molecule has 1 N–H and O–H groups in total. The third-order valence-corrected chi connectivity index (χ3v) is 7.49. The molecule has 10 nitrogen and oxygen atoms in total. The molecule has 0 fully saturated rings. The summed E-state index contributed by atoms with van der Waals surface area (Å²) in [4.78, 5) is 12.9. The van der Waals surface area contributed by atoms with Gasteiger partial charge in [-0.15, -0.1) is 0 Å². The number of rotatable bonds is 11. The molecule has 0 aromatic heterocycles. The first-order chi connectivity index (χ1) is 17.7. The fourth-order valence-corrected chi connectivity index (χ4v) is 5.43. The Labute approximate surface area is 224 Å². The predicted octanol–water partition coefficient (Wildman–Crippen LogP) is 3.83. The van der Waals surface area contributed by atoms with Gasteiger partial charge in [-0.3, -0.25) is 9.10 Å². The SMILES string of the molecule is COc1ccc(OC)c(N(CC(=O)N/N=C\c2cc(Br)c(OC)c(OC)c2)S(=O)(=O)c2ccccc2)c1. The van der Waals surface area contributed by atoms with Gasteiger partial charge in [-0.25, -0.2) is 13.8 Å². The van der Waals surface area contributed by atoms with E-state index in [2.05, 4.69) is 26.5 Å². The summed E-state index contributed by atoms with van der Waals surface area (Å²) in [6, 6.07) is 15.9. The van der Waals surface area contributed by atoms with Crippen molar-refractivity contribution in [1.82, 2.24) is 5.43 Å². The maximum absolute atomic E-state index is 13.6. The topological polar surface area (TPSA) is 116 Å². The van der Waals surface area contributed by atoms with Crippen molar-refractivity contribution in [2.45, 2.75) is 4.90 Å². The molecule has 3 aromatic rings. The summed E-state index contributed by atoms with van der Waals surface area (Å²) >= 11 is 3.40. The number of ether oxygens (including phenoxy) is 4. The average molecular weight is 592 g/mol. The first-order valence-corrected chi connectivity index (χ1v) is 13.0. The summed E-state index contributed by atoms with van der Waals surface area (Å²) in [5.41, 5.74) is 3.11. The number of halogens is 1. The summed E-state index contributed by atoms with van der Waals surface area (Å²) < 4.78 is 50.0. The Hall–Kier alpha value is -3.77. The van der Waals surface area contributed by atoms with E-state index in [-0.39, 0.29) is 16.3 Å². The summed E-state index contributed by atoms with van der Waals surface area (Å²) in [7, 11) is 1.72.